The number of hydrogen-bond acceptors (Lipinski definition) is 4. The summed E-state index contributed by atoms with van der Waals surface area (Å²) in [4.78, 5) is 18.1. The molecular weight excluding hydrogens is 436 g/mol. The summed E-state index contributed by atoms with van der Waals surface area (Å²) in [6, 6.07) is 31.4. The van der Waals surface area contributed by atoms with Crippen LogP contribution in [0.15, 0.2) is 91.0 Å². The number of hydrogen-bond donors (Lipinski definition) is 0. The predicted molar refractivity (Wildman–Crippen MR) is 135 cm³/mol. The molecule has 1 amide bonds. The zero-order chi connectivity index (χ0) is 23.7. The van der Waals surface area contributed by atoms with Crippen LogP contribution in [-0.4, -0.2) is 54.1 Å². The Bertz CT molecular complexity index is 1090. The molecule has 0 N–H and O–H groups in total. The van der Waals surface area contributed by atoms with Gasteiger partial charge in [-0.1, -0.05) is 91.0 Å². The Morgan fingerprint density at radius 1 is 0.771 bits per heavy atom. The zero-order valence-corrected chi connectivity index (χ0v) is 20.0. The molecule has 35 heavy (non-hydrogen) atoms. The number of ether oxygens (including phenoxy) is 2. The SMILES string of the molecule is O=C([C@@H]1O[C@@]2(c3ccccc3)CN(C(c3ccccc3)c3ccccc3)C[C@@H]1O2)N1CCCCC1. The molecule has 0 radical (unpaired) electrons. The number of carbonyl (C=O) groups excluding carboxylic acids is 1. The van der Waals surface area contributed by atoms with E-state index in [0.717, 1.165) is 31.5 Å². The van der Waals surface area contributed by atoms with Crippen LogP contribution in [0.4, 0.5) is 0 Å². The van der Waals surface area contributed by atoms with Gasteiger partial charge in [0.05, 0.1) is 12.6 Å². The molecule has 3 fully saturated rings. The molecule has 0 aliphatic carbocycles. The number of amides is 1. The van der Waals surface area contributed by atoms with Crippen molar-refractivity contribution in [1.29, 1.82) is 0 Å². The fourth-order valence-corrected chi connectivity index (χ4v) is 5.89. The number of fused-ring (bicyclic) bond motifs is 2. The van der Waals surface area contributed by atoms with E-state index in [4.69, 9.17) is 9.47 Å². The summed E-state index contributed by atoms with van der Waals surface area (Å²) in [6.45, 7) is 2.80. The third-order valence-corrected chi connectivity index (χ3v) is 7.54. The summed E-state index contributed by atoms with van der Waals surface area (Å²) in [7, 11) is 0. The van der Waals surface area contributed by atoms with Crippen molar-refractivity contribution in [2.24, 2.45) is 0 Å². The van der Waals surface area contributed by atoms with Gasteiger partial charge in [-0.2, -0.15) is 0 Å². The van der Waals surface area contributed by atoms with E-state index in [-0.39, 0.29) is 18.1 Å². The largest absolute Gasteiger partial charge is 0.340 e. The van der Waals surface area contributed by atoms with Crippen LogP contribution in [-0.2, 0) is 20.1 Å². The Hall–Kier alpha value is -2.99. The van der Waals surface area contributed by atoms with Crippen LogP contribution in [0.25, 0.3) is 0 Å². The fraction of sp³-hybridized carbons (Fsp3) is 0.367. The van der Waals surface area contributed by atoms with Crippen LogP contribution >= 0.6 is 0 Å². The molecule has 2 bridgehead atoms. The first kappa shape index (κ1) is 22.5. The van der Waals surface area contributed by atoms with Gasteiger partial charge in [0, 0.05) is 25.2 Å². The lowest BCUT2D eigenvalue weighted by atomic mass is 9.94. The van der Waals surface area contributed by atoms with Crippen molar-refractivity contribution in [1.82, 2.24) is 9.80 Å². The lowest BCUT2D eigenvalue weighted by Gasteiger charge is -2.42. The van der Waals surface area contributed by atoms with Gasteiger partial charge in [0.15, 0.2) is 6.10 Å². The lowest BCUT2D eigenvalue weighted by Crippen LogP contribution is -2.52. The second kappa shape index (κ2) is 9.57. The Morgan fingerprint density at radius 2 is 1.34 bits per heavy atom. The van der Waals surface area contributed by atoms with Crippen molar-refractivity contribution in [2.45, 2.75) is 43.3 Å². The number of benzene rings is 3. The van der Waals surface area contributed by atoms with Crippen molar-refractivity contribution in [3.05, 3.63) is 108 Å². The van der Waals surface area contributed by atoms with Gasteiger partial charge in [-0.05, 0) is 30.4 Å². The van der Waals surface area contributed by atoms with Crippen molar-refractivity contribution < 1.29 is 14.3 Å². The van der Waals surface area contributed by atoms with Crippen LogP contribution in [0.1, 0.15) is 42.0 Å². The molecule has 3 aromatic rings. The van der Waals surface area contributed by atoms with Gasteiger partial charge in [-0.15, -0.1) is 0 Å². The molecule has 3 atom stereocenters. The lowest BCUT2D eigenvalue weighted by molar-refractivity contribution is -0.220. The summed E-state index contributed by atoms with van der Waals surface area (Å²) >= 11 is 0. The van der Waals surface area contributed by atoms with Gasteiger partial charge in [-0.3, -0.25) is 9.69 Å². The van der Waals surface area contributed by atoms with E-state index in [2.05, 4.69) is 65.6 Å². The number of morpholine rings is 1. The molecule has 0 saturated carbocycles. The minimum absolute atomic E-state index is 0.0410. The van der Waals surface area contributed by atoms with Crippen LogP contribution in [0, 0.1) is 0 Å². The standard InChI is InChI=1S/C30H32N2O3/c33-29(31-19-11-4-12-20-31)28-26-21-32(22-30(34-26,35-28)25-17-9-3-10-18-25)27(23-13-5-1-6-14-23)24-15-7-2-8-16-24/h1-3,5-10,13-18,26-28H,4,11-12,19-22H2/t26-,28+,30+/m0/s1. The van der Waals surface area contributed by atoms with E-state index in [0.29, 0.717) is 13.1 Å². The smallest absolute Gasteiger partial charge is 0.254 e. The zero-order valence-electron chi connectivity index (χ0n) is 20.0. The average molecular weight is 469 g/mol. The van der Waals surface area contributed by atoms with E-state index in [1.807, 2.05) is 35.2 Å². The van der Waals surface area contributed by atoms with Crippen LogP contribution in [0.3, 0.4) is 0 Å². The van der Waals surface area contributed by atoms with Gasteiger partial charge in [0.25, 0.3) is 5.91 Å². The van der Waals surface area contributed by atoms with E-state index < -0.39 is 11.9 Å². The number of nitrogens with zero attached hydrogens (tertiary/aromatic N) is 2. The van der Waals surface area contributed by atoms with E-state index in [1.165, 1.54) is 17.5 Å². The topological polar surface area (TPSA) is 42.0 Å². The maximum absolute atomic E-state index is 13.6. The summed E-state index contributed by atoms with van der Waals surface area (Å²) in [5.41, 5.74) is 3.41. The highest BCUT2D eigenvalue weighted by molar-refractivity contribution is 5.82. The quantitative estimate of drug-likeness (QED) is 0.542. The van der Waals surface area contributed by atoms with Crippen molar-refractivity contribution in [3.8, 4) is 0 Å². The van der Waals surface area contributed by atoms with Gasteiger partial charge >= 0.3 is 0 Å². The Kier molecular flexibility index (Phi) is 6.15. The minimum Gasteiger partial charge on any atom is -0.340 e. The molecule has 0 unspecified atom stereocenters. The molecule has 3 saturated heterocycles. The molecule has 5 nitrogen and oxygen atoms in total. The molecule has 3 aliphatic heterocycles. The first-order valence-corrected chi connectivity index (χ1v) is 12.8. The average Bonchev–Trinajstić information content (AvgIpc) is 3.21. The first-order valence-electron chi connectivity index (χ1n) is 12.8. The number of rotatable bonds is 5. The Balaban J connectivity index is 1.39. The van der Waals surface area contributed by atoms with Gasteiger partial charge in [-0.25, -0.2) is 0 Å². The Morgan fingerprint density at radius 3 is 1.94 bits per heavy atom. The number of carbonyl (C=O) groups is 1. The molecule has 0 spiro atoms. The van der Waals surface area contributed by atoms with Gasteiger partial charge in [0.2, 0.25) is 5.79 Å². The highest BCUT2D eigenvalue weighted by atomic mass is 16.8. The highest BCUT2D eigenvalue weighted by Gasteiger charge is 2.57. The van der Waals surface area contributed by atoms with E-state index >= 15 is 0 Å². The van der Waals surface area contributed by atoms with Crippen LogP contribution in [0.2, 0.25) is 0 Å². The molecule has 6 rings (SSSR count). The molecule has 3 heterocycles. The fourth-order valence-electron chi connectivity index (χ4n) is 5.89. The highest BCUT2D eigenvalue weighted by Crippen LogP contribution is 2.46. The maximum atomic E-state index is 13.6. The summed E-state index contributed by atoms with van der Waals surface area (Å²) < 4.78 is 13.3. The van der Waals surface area contributed by atoms with Crippen molar-refractivity contribution in [3.63, 3.8) is 0 Å². The molecule has 5 heteroatoms. The summed E-state index contributed by atoms with van der Waals surface area (Å²) in [5.74, 6) is -0.896. The van der Waals surface area contributed by atoms with Crippen LogP contribution < -0.4 is 0 Å². The molecule has 0 aromatic heterocycles. The molecule has 3 aromatic carbocycles. The normalized spacial score (nSPS) is 26.7. The maximum Gasteiger partial charge on any atom is 0.254 e. The Labute approximate surface area is 207 Å². The molecule has 3 aliphatic rings. The number of piperidine rings is 1. The second-order valence-corrected chi connectivity index (χ2v) is 9.85. The van der Waals surface area contributed by atoms with Crippen molar-refractivity contribution in [2.75, 3.05) is 26.2 Å². The first-order chi connectivity index (χ1) is 17.2. The van der Waals surface area contributed by atoms with E-state index in [9.17, 15) is 4.79 Å². The van der Waals surface area contributed by atoms with E-state index in [1.54, 1.807) is 0 Å². The third kappa shape index (κ3) is 4.29. The second-order valence-electron chi connectivity index (χ2n) is 9.85. The monoisotopic (exact) mass is 468 g/mol. The summed E-state index contributed by atoms with van der Waals surface area (Å²) in [5, 5.41) is 0. The number of likely N-dealkylation sites (tertiary alicyclic amines) is 1. The third-order valence-electron chi connectivity index (χ3n) is 7.54. The predicted octanol–water partition coefficient (Wildman–Crippen LogP) is 4.74. The van der Waals surface area contributed by atoms with Crippen LogP contribution in [0.5, 0.6) is 0 Å². The van der Waals surface area contributed by atoms with Gasteiger partial charge in [0.1, 0.15) is 6.10 Å². The molecule has 180 valence electrons. The van der Waals surface area contributed by atoms with Gasteiger partial charge < -0.3 is 14.4 Å². The van der Waals surface area contributed by atoms with Crippen molar-refractivity contribution >= 4 is 5.91 Å². The molecular formula is C30H32N2O3. The minimum atomic E-state index is -0.970. The summed E-state index contributed by atoms with van der Waals surface area (Å²) in [6.07, 6.45) is 2.39.